The van der Waals surface area contributed by atoms with Crippen molar-refractivity contribution >= 4 is 23.3 Å². The number of benzene rings is 1. The van der Waals surface area contributed by atoms with Crippen LogP contribution in [0.25, 0.3) is 0 Å². The van der Waals surface area contributed by atoms with Crippen LogP contribution in [0, 0.1) is 6.92 Å². The number of hydrogen-bond acceptors (Lipinski definition) is 4. The summed E-state index contributed by atoms with van der Waals surface area (Å²) in [4.78, 5) is 14.7. The second-order valence-corrected chi connectivity index (χ2v) is 4.37. The Morgan fingerprint density at radius 1 is 1.42 bits per heavy atom. The number of pyridine rings is 1. The van der Waals surface area contributed by atoms with E-state index in [0.717, 1.165) is 5.56 Å². The van der Waals surface area contributed by atoms with E-state index in [9.17, 15) is 4.79 Å². The lowest BCUT2D eigenvalue weighted by Gasteiger charge is -2.10. The summed E-state index contributed by atoms with van der Waals surface area (Å²) in [6, 6.07) is 6.49. The third-order valence-electron chi connectivity index (χ3n) is 2.48. The van der Waals surface area contributed by atoms with Gasteiger partial charge in [0, 0.05) is 11.2 Å². The fourth-order valence-corrected chi connectivity index (χ4v) is 1.62. The lowest BCUT2D eigenvalue weighted by molar-refractivity contribution is 0.0696. The Morgan fingerprint density at radius 2 is 2.16 bits per heavy atom. The van der Waals surface area contributed by atoms with Crippen LogP contribution in [0.2, 0.25) is 5.02 Å². The maximum Gasteiger partial charge on any atom is 0.337 e. The molecule has 6 heteroatoms. The Morgan fingerprint density at radius 3 is 2.79 bits per heavy atom. The number of aromatic nitrogens is 1. The summed E-state index contributed by atoms with van der Waals surface area (Å²) in [5.74, 6) is -0.421. The minimum atomic E-state index is -1.09. The first-order valence-corrected chi connectivity index (χ1v) is 5.78. The summed E-state index contributed by atoms with van der Waals surface area (Å²) in [5, 5.41) is 9.35. The highest BCUT2D eigenvalue weighted by atomic mass is 35.5. The van der Waals surface area contributed by atoms with Crippen molar-refractivity contribution in [3.8, 4) is 11.6 Å². The summed E-state index contributed by atoms with van der Waals surface area (Å²) in [5.41, 5.74) is 6.74. The Bertz CT molecular complexity index is 644. The van der Waals surface area contributed by atoms with Crippen molar-refractivity contribution < 1.29 is 14.6 Å². The van der Waals surface area contributed by atoms with E-state index < -0.39 is 5.97 Å². The molecule has 0 unspecified atom stereocenters. The van der Waals surface area contributed by atoms with Crippen LogP contribution < -0.4 is 10.5 Å². The van der Waals surface area contributed by atoms with E-state index in [-0.39, 0.29) is 17.1 Å². The van der Waals surface area contributed by atoms with Crippen LogP contribution in [0.3, 0.4) is 0 Å². The van der Waals surface area contributed by atoms with Crippen molar-refractivity contribution in [3.63, 3.8) is 0 Å². The van der Waals surface area contributed by atoms with Gasteiger partial charge in [0.1, 0.15) is 5.75 Å². The van der Waals surface area contributed by atoms with Gasteiger partial charge in [0.2, 0.25) is 5.88 Å². The molecule has 3 N–H and O–H groups in total. The zero-order valence-corrected chi connectivity index (χ0v) is 10.8. The topological polar surface area (TPSA) is 85.4 Å². The number of rotatable bonds is 3. The van der Waals surface area contributed by atoms with Gasteiger partial charge < -0.3 is 15.6 Å². The molecule has 2 aromatic rings. The molecule has 1 aromatic heterocycles. The van der Waals surface area contributed by atoms with E-state index >= 15 is 0 Å². The van der Waals surface area contributed by atoms with E-state index in [1.54, 1.807) is 18.2 Å². The molecule has 98 valence electrons. The summed E-state index contributed by atoms with van der Waals surface area (Å²) >= 11 is 5.88. The SMILES string of the molecule is Cc1ccc(Cl)cc1Oc1ncc(C(=O)O)cc1N. The molecule has 1 aromatic carbocycles. The molecule has 5 nitrogen and oxygen atoms in total. The number of hydrogen-bond donors (Lipinski definition) is 2. The molecule has 0 aliphatic carbocycles. The van der Waals surface area contributed by atoms with Gasteiger partial charge in [-0.05, 0) is 30.7 Å². The van der Waals surface area contributed by atoms with Crippen molar-refractivity contribution in [3.05, 3.63) is 46.6 Å². The van der Waals surface area contributed by atoms with Gasteiger partial charge in [-0.1, -0.05) is 17.7 Å². The number of carboxylic acids is 1. The van der Waals surface area contributed by atoms with Crippen LogP contribution in [0.15, 0.2) is 30.5 Å². The number of nitrogens with two attached hydrogens (primary N) is 1. The molecule has 19 heavy (non-hydrogen) atoms. The van der Waals surface area contributed by atoms with Gasteiger partial charge in [-0.2, -0.15) is 0 Å². The van der Waals surface area contributed by atoms with Gasteiger partial charge in [0.05, 0.1) is 11.3 Å². The number of ether oxygens (including phenoxy) is 1. The number of anilines is 1. The predicted molar refractivity (Wildman–Crippen MR) is 71.9 cm³/mol. The summed E-state index contributed by atoms with van der Waals surface area (Å²) in [7, 11) is 0. The molecule has 0 saturated carbocycles. The Kier molecular flexibility index (Phi) is 3.57. The monoisotopic (exact) mass is 278 g/mol. The third-order valence-corrected chi connectivity index (χ3v) is 2.72. The van der Waals surface area contributed by atoms with Gasteiger partial charge in [0.25, 0.3) is 0 Å². The molecule has 0 atom stereocenters. The van der Waals surface area contributed by atoms with E-state index in [2.05, 4.69) is 4.98 Å². The average molecular weight is 279 g/mol. The maximum atomic E-state index is 10.8. The fraction of sp³-hybridized carbons (Fsp3) is 0.0769. The summed E-state index contributed by atoms with van der Waals surface area (Å²) in [6.45, 7) is 1.85. The van der Waals surface area contributed by atoms with Gasteiger partial charge >= 0.3 is 5.97 Å². The zero-order chi connectivity index (χ0) is 14.0. The summed E-state index contributed by atoms with van der Waals surface area (Å²) < 4.78 is 5.54. The second-order valence-electron chi connectivity index (χ2n) is 3.94. The van der Waals surface area contributed by atoms with Crippen molar-refractivity contribution in [2.45, 2.75) is 6.92 Å². The van der Waals surface area contributed by atoms with Crippen LogP contribution >= 0.6 is 11.6 Å². The molecule has 0 spiro atoms. The standard InChI is InChI=1S/C13H11ClN2O3/c1-7-2-3-9(14)5-11(7)19-12-10(15)4-8(6-16-12)13(17)18/h2-6H,15H2,1H3,(H,17,18). The van der Waals surface area contributed by atoms with Crippen molar-refractivity contribution in [2.24, 2.45) is 0 Å². The van der Waals surface area contributed by atoms with Gasteiger partial charge in [-0.25, -0.2) is 9.78 Å². The molecule has 1 heterocycles. The lowest BCUT2D eigenvalue weighted by Crippen LogP contribution is -2.02. The smallest absolute Gasteiger partial charge is 0.337 e. The Balaban J connectivity index is 2.33. The van der Waals surface area contributed by atoms with Gasteiger partial charge in [-0.3, -0.25) is 0 Å². The molecule has 0 radical (unpaired) electrons. The Labute approximate surface area is 114 Å². The van der Waals surface area contributed by atoms with Crippen molar-refractivity contribution in [2.75, 3.05) is 5.73 Å². The molecule has 0 saturated heterocycles. The number of aryl methyl sites for hydroxylation is 1. The first kappa shape index (κ1) is 13.2. The molecular formula is C13H11ClN2O3. The highest BCUT2D eigenvalue weighted by Crippen LogP contribution is 2.30. The van der Waals surface area contributed by atoms with E-state index in [1.165, 1.54) is 12.3 Å². The van der Waals surface area contributed by atoms with Crippen LogP contribution in [-0.2, 0) is 0 Å². The Hall–Kier alpha value is -2.27. The van der Waals surface area contributed by atoms with E-state index in [0.29, 0.717) is 10.8 Å². The first-order valence-electron chi connectivity index (χ1n) is 5.40. The van der Waals surface area contributed by atoms with Crippen LogP contribution in [0.5, 0.6) is 11.6 Å². The molecule has 2 rings (SSSR count). The normalized spacial score (nSPS) is 10.2. The lowest BCUT2D eigenvalue weighted by atomic mass is 10.2. The zero-order valence-electron chi connectivity index (χ0n) is 10.1. The molecule has 0 bridgehead atoms. The molecule has 0 fully saturated rings. The number of nitrogen functional groups attached to an aromatic ring is 1. The van der Waals surface area contributed by atoms with Gasteiger partial charge in [-0.15, -0.1) is 0 Å². The minimum absolute atomic E-state index is 0.00710. The molecule has 0 amide bonds. The summed E-state index contributed by atoms with van der Waals surface area (Å²) in [6.07, 6.45) is 1.19. The fourth-order valence-electron chi connectivity index (χ4n) is 1.46. The number of carbonyl (C=O) groups is 1. The van der Waals surface area contributed by atoms with E-state index in [4.69, 9.17) is 27.2 Å². The number of aromatic carboxylic acids is 1. The molecular weight excluding hydrogens is 268 g/mol. The molecule has 0 aliphatic rings. The number of halogens is 1. The van der Waals surface area contributed by atoms with Crippen LogP contribution in [-0.4, -0.2) is 16.1 Å². The second kappa shape index (κ2) is 5.16. The van der Waals surface area contributed by atoms with Crippen molar-refractivity contribution in [1.82, 2.24) is 4.98 Å². The molecule has 0 aliphatic heterocycles. The van der Waals surface area contributed by atoms with Crippen molar-refractivity contribution in [1.29, 1.82) is 0 Å². The van der Waals surface area contributed by atoms with Gasteiger partial charge in [0.15, 0.2) is 0 Å². The number of carboxylic acid groups (broad SMARTS) is 1. The first-order chi connectivity index (χ1) is 8.97. The predicted octanol–water partition coefficient (Wildman–Crippen LogP) is 3.12. The van der Waals surface area contributed by atoms with Crippen LogP contribution in [0.1, 0.15) is 15.9 Å². The van der Waals surface area contributed by atoms with E-state index in [1.807, 2.05) is 6.92 Å². The van der Waals surface area contributed by atoms with Crippen LogP contribution in [0.4, 0.5) is 5.69 Å². The minimum Gasteiger partial charge on any atom is -0.478 e. The third kappa shape index (κ3) is 2.95. The highest BCUT2D eigenvalue weighted by Gasteiger charge is 2.10. The highest BCUT2D eigenvalue weighted by molar-refractivity contribution is 6.30. The number of nitrogens with zero attached hydrogens (tertiary/aromatic N) is 1. The average Bonchev–Trinajstić information content (AvgIpc) is 2.36. The largest absolute Gasteiger partial charge is 0.478 e. The maximum absolute atomic E-state index is 10.8. The quantitative estimate of drug-likeness (QED) is 0.901.